The van der Waals surface area contributed by atoms with Crippen LogP contribution in [-0.2, 0) is 4.79 Å². The van der Waals surface area contributed by atoms with Crippen molar-refractivity contribution in [3.8, 4) is 0 Å². The van der Waals surface area contributed by atoms with Crippen LogP contribution < -0.4 is 10.3 Å². The van der Waals surface area contributed by atoms with Crippen molar-refractivity contribution < 1.29 is 14.3 Å². The molecule has 1 fully saturated rings. The van der Waals surface area contributed by atoms with E-state index in [1.807, 2.05) is 24.0 Å². The van der Waals surface area contributed by atoms with Gasteiger partial charge >= 0.3 is 5.97 Å². The normalized spacial score (nSPS) is 17.5. The van der Waals surface area contributed by atoms with E-state index in [0.29, 0.717) is 46.5 Å². The van der Waals surface area contributed by atoms with Gasteiger partial charge in [0.05, 0.1) is 21.7 Å². The Labute approximate surface area is 148 Å². The summed E-state index contributed by atoms with van der Waals surface area (Å²) in [6, 6.07) is 8.74. The number of hydrogen-bond donors (Lipinski definition) is 1. The Morgan fingerprint density at radius 2 is 2.12 bits per heavy atom. The van der Waals surface area contributed by atoms with Crippen LogP contribution in [0.1, 0.15) is 12.0 Å². The molecule has 1 saturated heterocycles. The molecule has 1 aliphatic heterocycles. The highest BCUT2D eigenvalue weighted by Crippen LogP contribution is 2.32. The minimum atomic E-state index is -0.773. The van der Waals surface area contributed by atoms with Crippen molar-refractivity contribution in [1.82, 2.24) is 0 Å². The van der Waals surface area contributed by atoms with Crippen molar-refractivity contribution in [3.63, 3.8) is 0 Å². The summed E-state index contributed by atoms with van der Waals surface area (Å²) in [6.45, 7) is 3.05. The van der Waals surface area contributed by atoms with Crippen molar-refractivity contribution in [3.05, 3.63) is 51.1 Å². The summed E-state index contributed by atoms with van der Waals surface area (Å²) in [5.41, 5.74) is 2.54. The van der Waals surface area contributed by atoms with Crippen molar-refractivity contribution in [2.75, 3.05) is 18.0 Å². The lowest BCUT2D eigenvalue weighted by atomic mass is 10.1. The second-order valence-electron chi connectivity index (χ2n) is 6.45. The van der Waals surface area contributed by atoms with Gasteiger partial charge in [0, 0.05) is 24.8 Å². The van der Waals surface area contributed by atoms with Gasteiger partial charge in [-0.25, -0.2) is 0 Å². The molecule has 128 valence electrons. The standard InChI is InChI=1S/C19H16ClNO4/c1-10-7-13-16(8-15(10)21-6-5-11(9-21)19(23)24)25-18-12(17(13)22)3-2-4-14(18)20/h2-4,7-8,11H,5-6,9H2,1H3,(H,23,24). The third kappa shape index (κ3) is 2.55. The summed E-state index contributed by atoms with van der Waals surface area (Å²) in [5, 5.41) is 10.6. The molecule has 1 aliphatic rings. The maximum atomic E-state index is 12.8. The number of carboxylic acid groups (broad SMARTS) is 1. The van der Waals surface area contributed by atoms with Crippen LogP contribution in [0.2, 0.25) is 5.02 Å². The first-order chi connectivity index (χ1) is 12.0. The van der Waals surface area contributed by atoms with Crippen molar-refractivity contribution in [1.29, 1.82) is 0 Å². The second kappa shape index (κ2) is 5.77. The predicted molar refractivity (Wildman–Crippen MR) is 97.7 cm³/mol. The van der Waals surface area contributed by atoms with Gasteiger partial charge in [-0.05, 0) is 37.1 Å². The molecule has 0 bridgehead atoms. The van der Waals surface area contributed by atoms with Gasteiger partial charge in [0.25, 0.3) is 0 Å². The minimum absolute atomic E-state index is 0.113. The van der Waals surface area contributed by atoms with Crippen LogP contribution in [-0.4, -0.2) is 24.2 Å². The van der Waals surface area contributed by atoms with E-state index in [1.54, 1.807) is 18.2 Å². The Balaban J connectivity index is 1.90. The van der Waals surface area contributed by atoms with Crippen LogP contribution in [0, 0.1) is 12.8 Å². The van der Waals surface area contributed by atoms with Crippen LogP contribution in [0.15, 0.2) is 39.5 Å². The molecule has 5 nitrogen and oxygen atoms in total. The fraction of sp³-hybridized carbons (Fsp3) is 0.263. The molecule has 25 heavy (non-hydrogen) atoms. The molecule has 4 rings (SSSR count). The van der Waals surface area contributed by atoms with E-state index in [-0.39, 0.29) is 11.3 Å². The Morgan fingerprint density at radius 1 is 1.32 bits per heavy atom. The van der Waals surface area contributed by atoms with Crippen molar-refractivity contribution in [2.24, 2.45) is 5.92 Å². The Hall–Kier alpha value is -2.53. The fourth-order valence-corrected chi connectivity index (χ4v) is 3.72. The summed E-state index contributed by atoms with van der Waals surface area (Å²) in [6.07, 6.45) is 0.611. The maximum absolute atomic E-state index is 12.8. The zero-order valence-corrected chi connectivity index (χ0v) is 14.3. The number of rotatable bonds is 2. The molecule has 2 aromatic carbocycles. The van der Waals surface area contributed by atoms with E-state index >= 15 is 0 Å². The van der Waals surface area contributed by atoms with Gasteiger partial charge < -0.3 is 14.4 Å². The molecule has 0 amide bonds. The number of hydrogen-bond acceptors (Lipinski definition) is 4. The third-order valence-electron chi connectivity index (χ3n) is 4.84. The minimum Gasteiger partial charge on any atom is -0.481 e. The molecule has 1 N–H and O–H groups in total. The first-order valence-corrected chi connectivity index (χ1v) is 8.47. The molecule has 1 atom stereocenters. The number of fused-ring (bicyclic) bond motifs is 2. The zero-order valence-electron chi connectivity index (χ0n) is 13.6. The highest BCUT2D eigenvalue weighted by molar-refractivity contribution is 6.34. The fourth-order valence-electron chi connectivity index (χ4n) is 3.51. The molecule has 0 saturated carbocycles. The highest BCUT2D eigenvalue weighted by Gasteiger charge is 2.29. The average Bonchev–Trinajstić information content (AvgIpc) is 3.06. The predicted octanol–water partition coefficient (Wildman–Crippen LogP) is 3.82. The van der Waals surface area contributed by atoms with Gasteiger partial charge in [-0.2, -0.15) is 0 Å². The third-order valence-corrected chi connectivity index (χ3v) is 5.14. The monoisotopic (exact) mass is 357 g/mol. The van der Waals surface area contributed by atoms with Gasteiger partial charge in [0.1, 0.15) is 5.58 Å². The number of carbonyl (C=O) groups is 1. The molecular formula is C19H16ClNO4. The summed E-state index contributed by atoms with van der Waals surface area (Å²) in [5.74, 6) is -1.14. The van der Waals surface area contributed by atoms with E-state index in [0.717, 1.165) is 11.3 Å². The van der Waals surface area contributed by atoms with Crippen LogP contribution >= 0.6 is 11.6 Å². The van der Waals surface area contributed by atoms with Gasteiger partial charge in [-0.1, -0.05) is 17.7 Å². The van der Waals surface area contributed by atoms with Gasteiger partial charge in [0.2, 0.25) is 5.43 Å². The number of aryl methyl sites for hydroxylation is 1. The smallest absolute Gasteiger partial charge is 0.308 e. The highest BCUT2D eigenvalue weighted by atomic mass is 35.5. The van der Waals surface area contributed by atoms with Gasteiger partial charge in [0.15, 0.2) is 5.58 Å². The summed E-state index contributed by atoms with van der Waals surface area (Å²) < 4.78 is 5.91. The van der Waals surface area contributed by atoms with Crippen LogP contribution in [0.3, 0.4) is 0 Å². The second-order valence-corrected chi connectivity index (χ2v) is 6.86. The lowest BCUT2D eigenvalue weighted by molar-refractivity contribution is -0.140. The molecule has 6 heteroatoms. The Bertz CT molecular complexity index is 1070. The van der Waals surface area contributed by atoms with Crippen molar-refractivity contribution >= 4 is 45.2 Å². The molecule has 0 radical (unpaired) electrons. The number of aliphatic carboxylic acids is 1. The summed E-state index contributed by atoms with van der Waals surface area (Å²) in [4.78, 5) is 26.0. The zero-order chi connectivity index (χ0) is 17.7. The van der Waals surface area contributed by atoms with Crippen LogP contribution in [0.25, 0.3) is 21.9 Å². The molecule has 0 aliphatic carbocycles. The first-order valence-electron chi connectivity index (χ1n) is 8.09. The van der Waals surface area contributed by atoms with E-state index in [2.05, 4.69) is 0 Å². The molecule has 3 aromatic rings. The van der Waals surface area contributed by atoms with Gasteiger partial charge in [-0.3, -0.25) is 9.59 Å². The molecule has 1 unspecified atom stereocenters. The molecule has 2 heterocycles. The molecular weight excluding hydrogens is 342 g/mol. The Morgan fingerprint density at radius 3 is 2.84 bits per heavy atom. The average molecular weight is 358 g/mol. The number of anilines is 1. The number of halogens is 1. The van der Waals surface area contributed by atoms with E-state index in [1.165, 1.54) is 0 Å². The first kappa shape index (κ1) is 16.0. The summed E-state index contributed by atoms with van der Waals surface area (Å²) >= 11 is 6.17. The summed E-state index contributed by atoms with van der Waals surface area (Å²) in [7, 11) is 0. The lowest BCUT2D eigenvalue weighted by Crippen LogP contribution is -2.23. The molecule has 1 aromatic heterocycles. The van der Waals surface area contributed by atoms with Gasteiger partial charge in [-0.15, -0.1) is 0 Å². The number of nitrogens with zero attached hydrogens (tertiary/aromatic N) is 1. The molecule has 0 spiro atoms. The topological polar surface area (TPSA) is 70.8 Å². The SMILES string of the molecule is Cc1cc2c(=O)c3cccc(Cl)c3oc2cc1N1CCC(C(=O)O)C1. The van der Waals surface area contributed by atoms with Crippen molar-refractivity contribution in [2.45, 2.75) is 13.3 Å². The van der Waals surface area contributed by atoms with E-state index in [9.17, 15) is 14.7 Å². The Kier molecular flexibility index (Phi) is 3.69. The largest absolute Gasteiger partial charge is 0.481 e. The maximum Gasteiger partial charge on any atom is 0.308 e. The van der Waals surface area contributed by atoms with E-state index < -0.39 is 5.97 Å². The number of para-hydroxylation sites is 1. The quantitative estimate of drug-likeness (QED) is 0.706. The number of benzene rings is 2. The van der Waals surface area contributed by atoms with Crippen LogP contribution in [0.4, 0.5) is 5.69 Å². The number of carboxylic acids is 1. The van der Waals surface area contributed by atoms with E-state index in [4.69, 9.17) is 16.0 Å². The van der Waals surface area contributed by atoms with Crippen LogP contribution in [0.5, 0.6) is 0 Å². The lowest BCUT2D eigenvalue weighted by Gasteiger charge is -2.21.